The van der Waals surface area contributed by atoms with E-state index in [1.807, 2.05) is 13.0 Å². The van der Waals surface area contributed by atoms with E-state index < -0.39 is 5.97 Å². The fourth-order valence-corrected chi connectivity index (χ4v) is 4.32. The number of likely N-dealkylation sites (tertiary alicyclic amines) is 1. The van der Waals surface area contributed by atoms with Gasteiger partial charge in [0.1, 0.15) is 12.3 Å². The first-order valence-electron chi connectivity index (χ1n) is 9.95. The monoisotopic (exact) mass is 397 g/mol. The van der Waals surface area contributed by atoms with Gasteiger partial charge in [-0.15, -0.1) is 0 Å². The third-order valence-corrected chi connectivity index (χ3v) is 5.79. The predicted molar refractivity (Wildman–Crippen MR) is 103 cm³/mol. The van der Waals surface area contributed by atoms with Crippen LogP contribution in [-0.4, -0.2) is 38.6 Å². The zero-order valence-corrected chi connectivity index (χ0v) is 16.3. The van der Waals surface area contributed by atoms with Crippen molar-refractivity contribution in [1.29, 1.82) is 0 Å². The van der Waals surface area contributed by atoms with Gasteiger partial charge in [0.25, 0.3) is 5.56 Å². The molecule has 0 aromatic carbocycles. The summed E-state index contributed by atoms with van der Waals surface area (Å²) in [6.45, 7) is 1.72. The number of amides is 2. The molecule has 2 amide bonds. The number of carbonyl (C=O) groups excluding carboxylic acids is 3. The molecule has 0 bridgehead atoms. The van der Waals surface area contributed by atoms with E-state index in [4.69, 9.17) is 4.74 Å². The summed E-state index contributed by atoms with van der Waals surface area (Å²) >= 11 is 0. The third-order valence-electron chi connectivity index (χ3n) is 5.79. The molecular formula is C21H23N3O5. The van der Waals surface area contributed by atoms with Gasteiger partial charge >= 0.3 is 5.97 Å². The van der Waals surface area contributed by atoms with Gasteiger partial charge in [-0.25, -0.2) is 4.98 Å². The van der Waals surface area contributed by atoms with Crippen molar-refractivity contribution in [1.82, 2.24) is 14.3 Å². The number of esters is 1. The highest BCUT2D eigenvalue weighted by Crippen LogP contribution is 2.37. The van der Waals surface area contributed by atoms with Gasteiger partial charge in [-0.3, -0.25) is 28.5 Å². The Morgan fingerprint density at radius 1 is 1.14 bits per heavy atom. The molecule has 1 aliphatic carbocycles. The van der Waals surface area contributed by atoms with Crippen molar-refractivity contribution in [2.75, 3.05) is 6.54 Å². The summed E-state index contributed by atoms with van der Waals surface area (Å²) in [7, 11) is 0. The minimum Gasteiger partial charge on any atom is -0.459 e. The average Bonchev–Trinajstić information content (AvgIpc) is 2.95. The van der Waals surface area contributed by atoms with E-state index in [2.05, 4.69) is 4.98 Å². The minimum absolute atomic E-state index is 0.0382. The average molecular weight is 397 g/mol. The molecule has 2 aromatic heterocycles. The van der Waals surface area contributed by atoms with Crippen LogP contribution in [0.3, 0.4) is 0 Å². The summed E-state index contributed by atoms with van der Waals surface area (Å²) in [6.07, 6.45) is 3.36. The Morgan fingerprint density at radius 3 is 2.52 bits per heavy atom. The van der Waals surface area contributed by atoms with E-state index in [0.717, 1.165) is 31.4 Å². The summed E-state index contributed by atoms with van der Waals surface area (Å²) < 4.78 is 6.69. The maximum Gasteiger partial charge on any atom is 0.307 e. The highest BCUT2D eigenvalue weighted by atomic mass is 16.5. The van der Waals surface area contributed by atoms with Gasteiger partial charge in [0.15, 0.2) is 0 Å². The summed E-state index contributed by atoms with van der Waals surface area (Å²) in [4.78, 5) is 54.8. The molecule has 2 atom stereocenters. The van der Waals surface area contributed by atoms with Crippen molar-refractivity contribution < 1.29 is 19.1 Å². The van der Waals surface area contributed by atoms with Crippen LogP contribution in [0.15, 0.2) is 29.1 Å². The number of hydrogen-bond acceptors (Lipinski definition) is 6. The number of carbonyl (C=O) groups is 3. The smallest absolute Gasteiger partial charge is 0.307 e. The Bertz CT molecular complexity index is 1020. The summed E-state index contributed by atoms with van der Waals surface area (Å²) in [5.41, 5.74) is 1.37. The quantitative estimate of drug-likeness (QED) is 0.562. The van der Waals surface area contributed by atoms with E-state index in [9.17, 15) is 19.2 Å². The number of hydrogen-bond donors (Lipinski definition) is 0. The molecule has 1 aliphatic heterocycles. The molecule has 152 valence electrons. The second-order valence-electron chi connectivity index (χ2n) is 7.68. The Morgan fingerprint density at radius 2 is 1.83 bits per heavy atom. The van der Waals surface area contributed by atoms with Gasteiger partial charge in [0.05, 0.1) is 24.0 Å². The molecule has 3 heterocycles. The van der Waals surface area contributed by atoms with Crippen LogP contribution in [0.5, 0.6) is 0 Å². The van der Waals surface area contributed by atoms with Gasteiger partial charge in [0.2, 0.25) is 11.8 Å². The van der Waals surface area contributed by atoms with Crippen LogP contribution in [0.1, 0.15) is 43.5 Å². The van der Waals surface area contributed by atoms with Gasteiger partial charge < -0.3 is 4.74 Å². The topological polar surface area (TPSA) is 98.0 Å². The molecule has 2 fully saturated rings. The van der Waals surface area contributed by atoms with Crippen LogP contribution in [0.2, 0.25) is 0 Å². The number of fused-ring (bicyclic) bond motifs is 2. The first kappa shape index (κ1) is 19.3. The van der Waals surface area contributed by atoms with Crippen molar-refractivity contribution in [3.63, 3.8) is 0 Å². The van der Waals surface area contributed by atoms with Crippen LogP contribution in [-0.2, 0) is 25.7 Å². The SMILES string of the molecule is Cc1cccc2nc(COC(=O)CCN3C(=O)[C@H]4CCCC[C@@H]4C3=O)cc(=O)n12. The summed E-state index contributed by atoms with van der Waals surface area (Å²) in [6, 6.07) is 6.66. The molecule has 29 heavy (non-hydrogen) atoms. The first-order chi connectivity index (χ1) is 14.0. The van der Waals surface area contributed by atoms with Crippen molar-refractivity contribution in [3.8, 4) is 0 Å². The fraction of sp³-hybridized carbons (Fsp3) is 0.476. The van der Waals surface area contributed by atoms with Crippen molar-refractivity contribution in [3.05, 3.63) is 46.0 Å². The molecule has 8 heteroatoms. The highest BCUT2D eigenvalue weighted by molar-refractivity contribution is 6.05. The van der Waals surface area contributed by atoms with E-state index in [-0.39, 0.29) is 48.8 Å². The first-order valence-corrected chi connectivity index (χ1v) is 9.95. The van der Waals surface area contributed by atoms with Gasteiger partial charge in [-0.2, -0.15) is 0 Å². The maximum atomic E-state index is 12.4. The Labute approximate surface area is 167 Å². The molecule has 1 saturated heterocycles. The van der Waals surface area contributed by atoms with Crippen LogP contribution in [0, 0.1) is 18.8 Å². The molecule has 0 unspecified atom stereocenters. The molecule has 2 aromatic rings. The van der Waals surface area contributed by atoms with Crippen LogP contribution < -0.4 is 5.56 Å². The van der Waals surface area contributed by atoms with Gasteiger partial charge in [-0.1, -0.05) is 18.9 Å². The largest absolute Gasteiger partial charge is 0.459 e. The Kier molecular flexibility index (Phi) is 5.17. The van der Waals surface area contributed by atoms with E-state index >= 15 is 0 Å². The number of pyridine rings is 1. The molecule has 0 N–H and O–H groups in total. The number of aryl methyl sites for hydroxylation is 1. The van der Waals surface area contributed by atoms with Crippen LogP contribution in [0.25, 0.3) is 5.65 Å². The zero-order chi connectivity index (χ0) is 20.5. The molecule has 4 rings (SSSR count). The number of aromatic nitrogens is 2. The molecular weight excluding hydrogens is 374 g/mol. The summed E-state index contributed by atoms with van der Waals surface area (Å²) in [5, 5.41) is 0. The number of ether oxygens (including phenoxy) is 1. The highest BCUT2D eigenvalue weighted by Gasteiger charge is 2.47. The maximum absolute atomic E-state index is 12.4. The minimum atomic E-state index is -0.535. The Hall–Kier alpha value is -3.03. The van der Waals surface area contributed by atoms with Crippen LogP contribution >= 0.6 is 0 Å². The van der Waals surface area contributed by atoms with Crippen LogP contribution in [0.4, 0.5) is 0 Å². The van der Waals surface area contributed by atoms with Gasteiger partial charge in [0, 0.05) is 18.3 Å². The third kappa shape index (κ3) is 3.66. The Balaban J connectivity index is 1.35. The lowest BCUT2D eigenvalue weighted by molar-refractivity contribution is -0.146. The van der Waals surface area contributed by atoms with E-state index in [1.165, 1.54) is 15.4 Å². The lowest BCUT2D eigenvalue weighted by Crippen LogP contribution is -2.33. The second-order valence-corrected chi connectivity index (χ2v) is 7.68. The van der Waals surface area contributed by atoms with Crippen molar-refractivity contribution in [2.24, 2.45) is 11.8 Å². The fourth-order valence-electron chi connectivity index (χ4n) is 4.32. The molecule has 1 saturated carbocycles. The lowest BCUT2D eigenvalue weighted by atomic mass is 9.81. The second kappa shape index (κ2) is 7.77. The standard InChI is InChI=1S/C21H23N3O5/c1-13-5-4-8-17-22-14(11-18(25)24(13)17)12-29-19(26)9-10-23-20(27)15-6-2-3-7-16(15)21(23)28/h4-5,8,11,15-16H,2-3,6-7,9-10,12H2,1H3/t15-,16-/m0/s1. The molecule has 0 spiro atoms. The number of rotatable bonds is 5. The van der Waals surface area contributed by atoms with Crippen molar-refractivity contribution >= 4 is 23.4 Å². The van der Waals surface area contributed by atoms with E-state index in [1.54, 1.807) is 12.1 Å². The predicted octanol–water partition coefficient (Wildman–Crippen LogP) is 1.61. The van der Waals surface area contributed by atoms with E-state index in [0.29, 0.717) is 11.3 Å². The van der Waals surface area contributed by atoms with Gasteiger partial charge in [-0.05, 0) is 31.9 Å². The lowest BCUT2D eigenvalue weighted by Gasteiger charge is -2.19. The summed E-state index contributed by atoms with van der Waals surface area (Å²) in [5.74, 6) is -1.29. The molecule has 8 nitrogen and oxygen atoms in total. The zero-order valence-electron chi connectivity index (χ0n) is 16.3. The normalized spacial score (nSPS) is 21.5. The number of nitrogens with zero attached hydrogens (tertiary/aromatic N) is 3. The number of imide groups is 1. The van der Waals surface area contributed by atoms with Crippen molar-refractivity contribution in [2.45, 2.75) is 45.6 Å². The molecule has 0 radical (unpaired) electrons. The molecule has 2 aliphatic rings.